The van der Waals surface area contributed by atoms with E-state index in [-0.39, 0.29) is 12.5 Å². The van der Waals surface area contributed by atoms with Gasteiger partial charge in [0.05, 0.1) is 0 Å². The number of alkyl carbamates (subject to hydrolysis) is 1. The molecular weight excluding hydrogens is 408 g/mol. The minimum Gasteiger partial charge on any atom is -0.449 e. The van der Waals surface area contributed by atoms with Crippen LogP contribution in [-0.2, 0) is 14.3 Å². The number of rotatable bonds is 10. The van der Waals surface area contributed by atoms with E-state index in [4.69, 9.17) is 16.2 Å². The molecule has 0 aromatic heterocycles. The smallest absolute Gasteiger partial charge is 0.407 e. The van der Waals surface area contributed by atoms with Gasteiger partial charge in [-0.15, -0.1) is 0 Å². The lowest BCUT2D eigenvalue weighted by atomic mass is 9.98. The van der Waals surface area contributed by atoms with Crippen LogP contribution in [0.3, 0.4) is 0 Å². The molecule has 0 aliphatic heterocycles. The minimum absolute atomic E-state index is 0.0703. The monoisotopic (exact) mass is 438 g/mol. The molecule has 2 aromatic carbocycles. The van der Waals surface area contributed by atoms with Crippen molar-refractivity contribution < 1.29 is 19.1 Å². The van der Waals surface area contributed by atoms with Crippen LogP contribution in [0.2, 0.25) is 0 Å². The van der Waals surface area contributed by atoms with E-state index in [1.54, 1.807) is 0 Å². The molecule has 0 saturated heterocycles. The van der Waals surface area contributed by atoms with Gasteiger partial charge in [0.1, 0.15) is 18.7 Å². The van der Waals surface area contributed by atoms with Gasteiger partial charge in [-0.2, -0.15) is 0 Å². The van der Waals surface area contributed by atoms with Gasteiger partial charge >= 0.3 is 6.09 Å². The molecule has 2 atom stereocenters. The number of nitrogens with two attached hydrogens (primary N) is 2. The topological polar surface area (TPSA) is 137 Å². The van der Waals surface area contributed by atoms with E-state index >= 15 is 0 Å². The largest absolute Gasteiger partial charge is 0.449 e. The third-order valence-electron chi connectivity index (χ3n) is 5.68. The van der Waals surface area contributed by atoms with Crippen molar-refractivity contribution in [2.24, 2.45) is 11.5 Å². The number of ether oxygens (including phenoxy) is 1. The molecule has 0 spiro atoms. The van der Waals surface area contributed by atoms with E-state index < -0.39 is 30.0 Å². The second-order valence-corrected chi connectivity index (χ2v) is 7.94. The molecule has 0 heterocycles. The number of amides is 3. The molecule has 0 unspecified atom stereocenters. The molecule has 0 radical (unpaired) electrons. The molecule has 0 bridgehead atoms. The molecule has 2 aromatic rings. The Kier molecular flexibility index (Phi) is 7.83. The Morgan fingerprint density at radius 3 is 2.12 bits per heavy atom. The predicted molar refractivity (Wildman–Crippen MR) is 122 cm³/mol. The number of primary amides is 1. The Morgan fingerprint density at radius 2 is 1.56 bits per heavy atom. The van der Waals surface area contributed by atoms with Gasteiger partial charge in [-0.05, 0) is 55.0 Å². The number of carbonyl (C=O) groups is 3. The normalized spacial score (nSPS) is 14.1. The number of hydrogen-bond donors (Lipinski definition) is 4. The third kappa shape index (κ3) is 5.45. The van der Waals surface area contributed by atoms with Crippen molar-refractivity contribution in [3.63, 3.8) is 0 Å². The first-order valence-electron chi connectivity index (χ1n) is 10.8. The molecule has 0 fully saturated rings. The van der Waals surface area contributed by atoms with E-state index in [9.17, 15) is 14.4 Å². The molecule has 0 saturated carbocycles. The van der Waals surface area contributed by atoms with Gasteiger partial charge in [0.25, 0.3) is 0 Å². The van der Waals surface area contributed by atoms with Crippen molar-refractivity contribution in [1.29, 1.82) is 0 Å². The Labute approximate surface area is 187 Å². The van der Waals surface area contributed by atoms with Crippen molar-refractivity contribution in [1.82, 2.24) is 10.6 Å². The number of nitrogens with one attached hydrogen (secondary N) is 2. The van der Waals surface area contributed by atoms with Gasteiger partial charge in [-0.3, -0.25) is 9.59 Å². The maximum absolute atomic E-state index is 12.4. The summed E-state index contributed by atoms with van der Waals surface area (Å²) in [5, 5.41) is 5.10. The van der Waals surface area contributed by atoms with Crippen molar-refractivity contribution >= 4 is 17.9 Å². The van der Waals surface area contributed by atoms with Crippen LogP contribution in [0.25, 0.3) is 11.1 Å². The summed E-state index contributed by atoms with van der Waals surface area (Å²) in [6.45, 7) is 2.17. The first-order chi connectivity index (χ1) is 15.4. The van der Waals surface area contributed by atoms with Crippen LogP contribution in [0.15, 0.2) is 48.5 Å². The summed E-state index contributed by atoms with van der Waals surface area (Å²) >= 11 is 0. The molecule has 32 heavy (non-hydrogen) atoms. The van der Waals surface area contributed by atoms with Crippen LogP contribution < -0.4 is 22.1 Å². The van der Waals surface area contributed by atoms with Gasteiger partial charge in [-0.1, -0.05) is 48.5 Å². The molecular formula is C24H30N4O4. The van der Waals surface area contributed by atoms with Crippen molar-refractivity contribution in [2.75, 3.05) is 13.2 Å². The second kappa shape index (κ2) is 10.8. The fourth-order valence-corrected chi connectivity index (χ4v) is 3.96. The highest BCUT2D eigenvalue weighted by Crippen LogP contribution is 2.44. The highest BCUT2D eigenvalue weighted by molar-refractivity contribution is 5.90. The zero-order valence-electron chi connectivity index (χ0n) is 18.2. The zero-order valence-corrected chi connectivity index (χ0v) is 18.2. The van der Waals surface area contributed by atoms with E-state index in [1.165, 1.54) is 6.92 Å². The maximum Gasteiger partial charge on any atom is 0.407 e. The Hall–Kier alpha value is -3.39. The fraction of sp³-hybridized carbons (Fsp3) is 0.375. The van der Waals surface area contributed by atoms with Gasteiger partial charge in [-0.25, -0.2) is 4.79 Å². The zero-order chi connectivity index (χ0) is 23.1. The van der Waals surface area contributed by atoms with Crippen LogP contribution in [0.5, 0.6) is 0 Å². The fourth-order valence-electron chi connectivity index (χ4n) is 3.96. The van der Waals surface area contributed by atoms with Crippen LogP contribution in [0, 0.1) is 0 Å². The number of hydrogen-bond acceptors (Lipinski definition) is 5. The number of fused-ring (bicyclic) bond motifs is 3. The molecule has 3 amide bonds. The number of benzene rings is 2. The minimum atomic E-state index is -0.887. The van der Waals surface area contributed by atoms with E-state index in [0.717, 1.165) is 28.7 Å². The average Bonchev–Trinajstić information content (AvgIpc) is 3.10. The quantitative estimate of drug-likeness (QED) is 0.421. The van der Waals surface area contributed by atoms with Gasteiger partial charge in [0, 0.05) is 5.92 Å². The van der Waals surface area contributed by atoms with Gasteiger partial charge in [0.15, 0.2) is 0 Å². The molecule has 1 aliphatic rings. The van der Waals surface area contributed by atoms with Crippen molar-refractivity contribution in [2.45, 2.75) is 44.2 Å². The molecule has 6 N–H and O–H groups in total. The summed E-state index contributed by atoms with van der Waals surface area (Å²) in [5.74, 6) is -1.20. The highest BCUT2D eigenvalue weighted by Gasteiger charge is 2.29. The average molecular weight is 439 g/mol. The van der Waals surface area contributed by atoms with Crippen LogP contribution in [0.1, 0.15) is 43.2 Å². The lowest BCUT2D eigenvalue weighted by molar-refractivity contribution is -0.128. The first kappa shape index (κ1) is 23.3. The SMILES string of the molecule is C[C@@H](NC(=O)OCC1c2ccccc2-c2ccccc21)C(=O)N[C@@H](CCCCN)C(N)=O. The maximum atomic E-state index is 12.4. The number of carbonyl (C=O) groups excluding carboxylic acids is 3. The molecule has 170 valence electrons. The van der Waals surface area contributed by atoms with Crippen molar-refractivity contribution in [3.05, 3.63) is 59.7 Å². The molecule has 8 nitrogen and oxygen atoms in total. The second-order valence-electron chi connectivity index (χ2n) is 7.94. The molecule has 8 heteroatoms. The van der Waals surface area contributed by atoms with Gasteiger partial charge < -0.3 is 26.8 Å². The summed E-state index contributed by atoms with van der Waals surface area (Å²) < 4.78 is 5.46. The molecule has 3 rings (SSSR count). The Balaban J connectivity index is 1.54. The summed E-state index contributed by atoms with van der Waals surface area (Å²) in [6.07, 6.45) is 1.09. The van der Waals surface area contributed by atoms with Crippen LogP contribution in [-0.4, -0.2) is 43.1 Å². The lowest BCUT2D eigenvalue weighted by Crippen LogP contribution is -2.52. The molecule has 1 aliphatic carbocycles. The summed E-state index contributed by atoms with van der Waals surface area (Å²) in [7, 11) is 0. The highest BCUT2D eigenvalue weighted by atomic mass is 16.5. The lowest BCUT2D eigenvalue weighted by Gasteiger charge is -2.20. The predicted octanol–water partition coefficient (Wildman–Crippen LogP) is 2.01. The van der Waals surface area contributed by atoms with Crippen LogP contribution in [0.4, 0.5) is 4.79 Å². The standard InChI is InChI=1S/C24H30N4O4/c1-15(23(30)28-21(22(26)29)12-6-7-13-25)27-24(31)32-14-20-18-10-4-2-8-16(18)17-9-3-5-11-19(17)20/h2-5,8-11,15,20-21H,6-7,12-14,25H2,1H3,(H2,26,29)(H,27,31)(H,28,30)/t15-,21+/m1/s1. The first-order valence-corrected chi connectivity index (χ1v) is 10.8. The van der Waals surface area contributed by atoms with E-state index in [0.29, 0.717) is 19.4 Å². The number of unbranched alkanes of at least 4 members (excludes halogenated alkanes) is 1. The van der Waals surface area contributed by atoms with E-state index in [1.807, 2.05) is 36.4 Å². The Bertz CT molecular complexity index is 932. The third-order valence-corrected chi connectivity index (χ3v) is 5.68. The summed E-state index contributed by atoms with van der Waals surface area (Å²) in [5.41, 5.74) is 15.3. The summed E-state index contributed by atoms with van der Waals surface area (Å²) in [4.78, 5) is 36.3. The Morgan fingerprint density at radius 1 is 0.969 bits per heavy atom. The van der Waals surface area contributed by atoms with Crippen LogP contribution >= 0.6 is 0 Å². The van der Waals surface area contributed by atoms with E-state index in [2.05, 4.69) is 22.8 Å². The van der Waals surface area contributed by atoms with Crippen molar-refractivity contribution in [3.8, 4) is 11.1 Å². The summed E-state index contributed by atoms with van der Waals surface area (Å²) in [6, 6.07) is 14.4. The van der Waals surface area contributed by atoms with Gasteiger partial charge in [0.2, 0.25) is 11.8 Å².